The maximum atomic E-state index is 9.10. The van der Waals surface area contributed by atoms with Crippen molar-refractivity contribution in [3.05, 3.63) is 45.9 Å². The molecule has 19 heavy (non-hydrogen) atoms. The number of hydrogen-bond acceptors (Lipinski definition) is 4. The van der Waals surface area contributed by atoms with Crippen molar-refractivity contribution in [3.8, 4) is 6.07 Å². The van der Waals surface area contributed by atoms with Gasteiger partial charge in [-0.25, -0.2) is 4.98 Å². The Morgan fingerprint density at radius 3 is 2.53 bits per heavy atom. The SMILES string of the molecule is Cc1ncc(CNc2ccc(C(C)(C)C#N)cc2)s1. The number of thiazole rings is 1. The Balaban J connectivity index is 2.02. The minimum absolute atomic E-state index is 0.437. The summed E-state index contributed by atoms with van der Waals surface area (Å²) in [6, 6.07) is 10.3. The number of rotatable bonds is 4. The summed E-state index contributed by atoms with van der Waals surface area (Å²) in [7, 11) is 0. The normalized spacial score (nSPS) is 11.1. The van der Waals surface area contributed by atoms with Crippen molar-refractivity contribution in [3.63, 3.8) is 0 Å². The monoisotopic (exact) mass is 271 g/mol. The summed E-state index contributed by atoms with van der Waals surface area (Å²) in [6.07, 6.45) is 1.90. The van der Waals surface area contributed by atoms with Crippen molar-refractivity contribution in [1.29, 1.82) is 5.26 Å². The Morgan fingerprint density at radius 2 is 2.00 bits per heavy atom. The fourth-order valence-corrected chi connectivity index (χ4v) is 2.48. The van der Waals surface area contributed by atoms with E-state index in [-0.39, 0.29) is 0 Å². The molecule has 2 rings (SSSR count). The summed E-state index contributed by atoms with van der Waals surface area (Å²) in [5, 5.41) is 13.5. The molecule has 0 aliphatic rings. The Kier molecular flexibility index (Phi) is 3.87. The number of benzene rings is 1. The van der Waals surface area contributed by atoms with Gasteiger partial charge in [0.2, 0.25) is 0 Å². The molecule has 0 amide bonds. The highest BCUT2D eigenvalue weighted by Crippen LogP contribution is 2.24. The second-order valence-electron chi connectivity index (χ2n) is 5.01. The van der Waals surface area contributed by atoms with Crippen LogP contribution in [0.3, 0.4) is 0 Å². The lowest BCUT2D eigenvalue weighted by Crippen LogP contribution is -2.13. The van der Waals surface area contributed by atoms with Crippen LogP contribution in [0.4, 0.5) is 5.69 Å². The predicted octanol–water partition coefficient (Wildman–Crippen LogP) is 3.86. The van der Waals surface area contributed by atoms with Crippen LogP contribution < -0.4 is 5.32 Å². The van der Waals surface area contributed by atoms with Crippen LogP contribution in [0.25, 0.3) is 0 Å². The maximum absolute atomic E-state index is 9.10. The molecule has 3 nitrogen and oxygen atoms in total. The Morgan fingerprint density at radius 1 is 1.32 bits per heavy atom. The molecule has 2 aromatic rings. The number of aromatic nitrogens is 1. The molecule has 0 saturated carbocycles. The number of nitrogens with zero attached hydrogens (tertiary/aromatic N) is 2. The van der Waals surface area contributed by atoms with E-state index in [1.54, 1.807) is 11.3 Å². The van der Waals surface area contributed by atoms with Gasteiger partial charge < -0.3 is 5.32 Å². The van der Waals surface area contributed by atoms with E-state index in [4.69, 9.17) is 5.26 Å². The van der Waals surface area contributed by atoms with Crippen molar-refractivity contribution in [2.24, 2.45) is 0 Å². The quantitative estimate of drug-likeness (QED) is 0.918. The molecule has 0 radical (unpaired) electrons. The molecule has 0 spiro atoms. The minimum atomic E-state index is -0.437. The first-order valence-electron chi connectivity index (χ1n) is 6.18. The van der Waals surface area contributed by atoms with E-state index in [2.05, 4.69) is 16.4 Å². The topological polar surface area (TPSA) is 48.7 Å². The molecule has 4 heteroatoms. The van der Waals surface area contributed by atoms with Crippen LogP contribution in [0.5, 0.6) is 0 Å². The van der Waals surface area contributed by atoms with Crippen molar-refractivity contribution >= 4 is 17.0 Å². The van der Waals surface area contributed by atoms with Gasteiger partial charge in [0.1, 0.15) is 0 Å². The summed E-state index contributed by atoms with van der Waals surface area (Å²) in [4.78, 5) is 5.45. The summed E-state index contributed by atoms with van der Waals surface area (Å²) < 4.78 is 0. The molecule has 0 unspecified atom stereocenters. The molecule has 0 aliphatic carbocycles. The van der Waals surface area contributed by atoms with Crippen molar-refractivity contribution < 1.29 is 0 Å². The van der Waals surface area contributed by atoms with E-state index >= 15 is 0 Å². The third-order valence-corrected chi connectivity index (χ3v) is 3.93. The van der Waals surface area contributed by atoms with E-state index in [0.29, 0.717) is 0 Å². The smallest absolute Gasteiger partial charge is 0.0897 e. The van der Waals surface area contributed by atoms with Gasteiger partial charge >= 0.3 is 0 Å². The van der Waals surface area contributed by atoms with E-state index in [0.717, 1.165) is 22.8 Å². The fourth-order valence-electron chi connectivity index (χ4n) is 1.75. The van der Waals surface area contributed by atoms with Gasteiger partial charge in [0.25, 0.3) is 0 Å². The number of nitrogens with one attached hydrogen (secondary N) is 1. The van der Waals surface area contributed by atoms with Gasteiger partial charge in [-0.3, -0.25) is 0 Å². The van der Waals surface area contributed by atoms with Crippen LogP contribution >= 0.6 is 11.3 Å². The predicted molar refractivity (Wildman–Crippen MR) is 79.3 cm³/mol. The van der Waals surface area contributed by atoms with Gasteiger partial charge in [-0.05, 0) is 38.5 Å². The van der Waals surface area contributed by atoms with E-state index < -0.39 is 5.41 Å². The molecule has 1 N–H and O–H groups in total. The molecule has 0 fully saturated rings. The van der Waals surface area contributed by atoms with Crippen LogP contribution in [0, 0.1) is 18.3 Å². The fraction of sp³-hybridized carbons (Fsp3) is 0.333. The number of aryl methyl sites for hydroxylation is 1. The third-order valence-electron chi connectivity index (χ3n) is 3.02. The van der Waals surface area contributed by atoms with Gasteiger partial charge in [0.15, 0.2) is 0 Å². The number of hydrogen-bond donors (Lipinski definition) is 1. The van der Waals surface area contributed by atoms with Crippen molar-refractivity contribution in [2.45, 2.75) is 32.7 Å². The maximum Gasteiger partial charge on any atom is 0.0897 e. The highest BCUT2D eigenvalue weighted by Gasteiger charge is 2.18. The van der Waals surface area contributed by atoms with Gasteiger partial charge in [-0.1, -0.05) is 12.1 Å². The first-order chi connectivity index (χ1) is 9.01. The first-order valence-corrected chi connectivity index (χ1v) is 7.00. The summed E-state index contributed by atoms with van der Waals surface area (Å²) in [5.41, 5.74) is 1.66. The van der Waals surface area contributed by atoms with Crippen LogP contribution in [-0.2, 0) is 12.0 Å². The second kappa shape index (κ2) is 5.41. The van der Waals surface area contributed by atoms with E-state index in [1.165, 1.54) is 4.88 Å². The Hall–Kier alpha value is -1.86. The third kappa shape index (κ3) is 3.33. The lowest BCUT2D eigenvalue weighted by molar-refractivity contribution is 0.687. The molecule has 0 saturated heterocycles. The summed E-state index contributed by atoms with van der Waals surface area (Å²) in [5.74, 6) is 0. The molecule has 1 aromatic heterocycles. The van der Waals surface area contributed by atoms with Crippen molar-refractivity contribution in [1.82, 2.24) is 4.98 Å². The highest BCUT2D eigenvalue weighted by molar-refractivity contribution is 7.11. The lowest BCUT2D eigenvalue weighted by Gasteiger charge is -2.16. The standard InChI is InChI=1S/C15H17N3S/c1-11-17-8-14(19-11)9-18-13-6-4-12(5-7-13)15(2,3)10-16/h4-8,18H,9H2,1-3H3. The molecule has 1 aromatic carbocycles. The molecule has 0 atom stereocenters. The van der Waals surface area contributed by atoms with Gasteiger partial charge in [0, 0.05) is 16.8 Å². The second-order valence-corrected chi connectivity index (χ2v) is 6.33. The zero-order chi connectivity index (χ0) is 13.9. The number of anilines is 1. The van der Waals surface area contributed by atoms with Crippen LogP contribution in [0.2, 0.25) is 0 Å². The van der Waals surface area contributed by atoms with Crippen LogP contribution in [-0.4, -0.2) is 4.98 Å². The molecule has 1 heterocycles. The van der Waals surface area contributed by atoms with Crippen molar-refractivity contribution in [2.75, 3.05) is 5.32 Å². The van der Waals surface area contributed by atoms with E-state index in [1.807, 2.05) is 51.2 Å². The van der Waals surface area contributed by atoms with Crippen LogP contribution in [0.15, 0.2) is 30.5 Å². The highest BCUT2D eigenvalue weighted by atomic mass is 32.1. The zero-order valence-corrected chi connectivity index (χ0v) is 12.2. The molecule has 98 valence electrons. The Bertz CT molecular complexity index is 591. The molecule has 0 bridgehead atoms. The van der Waals surface area contributed by atoms with Gasteiger partial charge in [-0.2, -0.15) is 5.26 Å². The summed E-state index contributed by atoms with van der Waals surface area (Å²) >= 11 is 1.70. The lowest BCUT2D eigenvalue weighted by atomic mass is 9.86. The van der Waals surface area contributed by atoms with Gasteiger partial charge in [0.05, 0.1) is 23.0 Å². The molecular weight excluding hydrogens is 254 g/mol. The molecular formula is C15H17N3S. The average Bonchev–Trinajstić information content (AvgIpc) is 2.83. The van der Waals surface area contributed by atoms with Gasteiger partial charge in [-0.15, -0.1) is 11.3 Å². The average molecular weight is 271 g/mol. The van der Waals surface area contributed by atoms with Crippen LogP contribution in [0.1, 0.15) is 29.3 Å². The minimum Gasteiger partial charge on any atom is -0.380 e. The molecule has 0 aliphatic heterocycles. The summed E-state index contributed by atoms with van der Waals surface area (Å²) in [6.45, 7) is 6.64. The zero-order valence-electron chi connectivity index (χ0n) is 11.4. The van der Waals surface area contributed by atoms with E-state index in [9.17, 15) is 0 Å². The first kappa shape index (κ1) is 13.6. The largest absolute Gasteiger partial charge is 0.380 e. The Labute approximate surface area is 117 Å². The number of nitriles is 1.